The SMILES string of the molecule is Nc1cc(Cl)ccc1[C@@]1(C=O)C=C(c2ccccc2O)C(=O)C[C@H]1c1cccc(Cl)c1. The third kappa shape index (κ3) is 3.73. The van der Waals surface area contributed by atoms with E-state index < -0.39 is 11.3 Å². The Morgan fingerprint density at radius 3 is 2.42 bits per heavy atom. The molecule has 2 atom stereocenters. The van der Waals surface area contributed by atoms with Gasteiger partial charge < -0.3 is 15.6 Å². The van der Waals surface area contributed by atoms with Crippen LogP contribution >= 0.6 is 23.2 Å². The number of hydrogen-bond acceptors (Lipinski definition) is 4. The van der Waals surface area contributed by atoms with Gasteiger partial charge in [-0.15, -0.1) is 0 Å². The molecular formula is C25H19Cl2NO3. The van der Waals surface area contributed by atoms with Crippen molar-refractivity contribution in [1.29, 1.82) is 0 Å². The Kier molecular flexibility index (Phi) is 5.61. The number of carbonyl (C=O) groups is 2. The first kappa shape index (κ1) is 21.2. The number of phenols is 1. The zero-order chi connectivity index (χ0) is 22.2. The predicted octanol–water partition coefficient (Wildman–Crippen LogP) is 5.56. The molecule has 0 spiro atoms. The Bertz CT molecular complexity index is 1220. The summed E-state index contributed by atoms with van der Waals surface area (Å²) < 4.78 is 0. The van der Waals surface area contributed by atoms with Crippen molar-refractivity contribution >= 4 is 46.5 Å². The second-order valence-electron chi connectivity index (χ2n) is 7.59. The summed E-state index contributed by atoms with van der Waals surface area (Å²) in [6.07, 6.45) is 2.47. The highest BCUT2D eigenvalue weighted by Gasteiger charge is 2.46. The lowest BCUT2D eigenvalue weighted by Gasteiger charge is -2.39. The number of rotatable bonds is 4. The molecule has 3 aromatic carbocycles. The molecule has 6 heteroatoms. The van der Waals surface area contributed by atoms with E-state index in [0.29, 0.717) is 26.9 Å². The van der Waals surface area contributed by atoms with Crippen LogP contribution in [-0.2, 0) is 15.0 Å². The maximum atomic E-state index is 13.2. The molecule has 3 N–H and O–H groups in total. The molecule has 0 bridgehead atoms. The Morgan fingerprint density at radius 1 is 1.00 bits per heavy atom. The van der Waals surface area contributed by atoms with E-state index >= 15 is 0 Å². The Hall–Kier alpha value is -3.08. The lowest BCUT2D eigenvalue weighted by molar-refractivity contribution is -0.116. The molecule has 1 aliphatic carbocycles. The Morgan fingerprint density at radius 2 is 1.74 bits per heavy atom. The number of halogens is 2. The first-order chi connectivity index (χ1) is 14.9. The molecule has 0 heterocycles. The van der Waals surface area contributed by atoms with Crippen molar-refractivity contribution in [2.45, 2.75) is 17.8 Å². The smallest absolute Gasteiger partial charge is 0.164 e. The normalized spacial score (nSPS) is 20.9. The highest BCUT2D eigenvalue weighted by atomic mass is 35.5. The molecule has 1 aliphatic rings. The summed E-state index contributed by atoms with van der Waals surface area (Å²) in [6, 6.07) is 18.6. The zero-order valence-electron chi connectivity index (χ0n) is 16.4. The van der Waals surface area contributed by atoms with Crippen molar-refractivity contribution in [3.05, 3.63) is 99.5 Å². The molecule has 156 valence electrons. The van der Waals surface area contributed by atoms with E-state index in [0.717, 1.165) is 11.8 Å². The predicted molar refractivity (Wildman–Crippen MR) is 124 cm³/mol. The molecule has 0 aromatic heterocycles. The number of hydrogen-bond donors (Lipinski definition) is 2. The summed E-state index contributed by atoms with van der Waals surface area (Å²) in [5.74, 6) is -0.752. The van der Waals surface area contributed by atoms with Gasteiger partial charge >= 0.3 is 0 Å². The molecule has 0 aliphatic heterocycles. The molecular weight excluding hydrogens is 433 g/mol. The molecule has 3 aromatic rings. The van der Waals surface area contributed by atoms with Gasteiger partial charge in [-0.25, -0.2) is 0 Å². The van der Waals surface area contributed by atoms with Crippen LogP contribution in [0.25, 0.3) is 5.57 Å². The van der Waals surface area contributed by atoms with Crippen molar-refractivity contribution < 1.29 is 14.7 Å². The summed E-state index contributed by atoms with van der Waals surface area (Å²) in [7, 11) is 0. The van der Waals surface area contributed by atoms with Gasteiger partial charge in [-0.3, -0.25) is 4.79 Å². The van der Waals surface area contributed by atoms with E-state index in [1.807, 2.05) is 6.07 Å². The molecule has 0 unspecified atom stereocenters. The fourth-order valence-electron chi connectivity index (χ4n) is 4.30. The number of ketones is 1. The van der Waals surface area contributed by atoms with E-state index in [2.05, 4.69) is 0 Å². The van der Waals surface area contributed by atoms with Crippen molar-refractivity contribution in [3.63, 3.8) is 0 Å². The van der Waals surface area contributed by atoms with E-state index in [1.54, 1.807) is 60.7 Å². The van der Waals surface area contributed by atoms with Crippen molar-refractivity contribution in [2.75, 3.05) is 5.73 Å². The van der Waals surface area contributed by atoms with Crippen LogP contribution in [0.5, 0.6) is 5.75 Å². The number of para-hydroxylation sites is 1. The van der Waals surface area contributed by atoms with Crippen LogP contribution in [-0.4, -0.2) is 17.2 Å². The molecule has 0 fully saturated rings. The lowest BCUT2D eigenvalue weighted by atomic mass is 9.61. The van der Waals surface area contributed by atoms with Crippen LogP contribution in [0.2, 0.25) is 10.0 Å². The van der Waals surface area contributed by atoms with Crippen LogP contribution < -0.4 is 5.73 Å². The largest absolute Gasteiger partial charge is 0.507 e. The number of phenolic OH excluding ortho intramolecular Hbond substituents is 1. The fourth-order valence-corrected chi connectivity index (χ4v) is 4.68. The molecule has 0 radical (unpaired) electrons. The number of benzene rings is 3. The number of anilines is 1. The van der Waals surface area contributed by atoms with Gasteiger partial charge in [0.05, 0.1) is 5.41 Å². The van der Waals surface area contributed by atoms with Gasteiger partial charge in [0.15, 0.2) is 5.78 Å². The second-order valence-corrected chi connectivity index (χ2v) is 8.47. The third-order valence-corrected chi connectivity index (χ3v) is 6.24. The standard InChI is InChI=1S/C25H19Cl2NO3/c26-16-5-3-4-15(10-16)21-12-24(31)19(18-6-1-2-7-23(18)30)13-25(21,14-29)20-9-8-17(27)11-22(20)28/h1-11,13-14,21,30H,12,28H2/t21-,25-/m0/s1. The maximum Gasteiger partial charge on any atom is 0.164 e. The zero-order valence-corrected chi connectivity index (χ0v) is 17.9. The highest BCUT2D eigenvalue weighted by Crippen LogP contribution is 2.50. The lowest BCUT2D eigenvalue weighted by Crippen LogP contribution is -2.39. The number of aromatic hydroxyl groups is 1. The molecule has 31 heavy (non-hydrogen) atoms. The number of Topliss-reactive ketones (excluding diaryl/α,β-unsaturated/α-hetero) is 1. The van der Waals surface area contributed by atoms with Crippen molar-refractivity contribution in [3.8, 4) is 5.75 Å². The third-order valence-electron chi connectivity index (χ3n) is 5.77. The minimum atomic E-state index is -1.26. The Labute approximate surface area is 189 Å². The van der Waals surface area contributed by atoms with Crippen LogP contribution in [0, 0.1) is 0 Å². The molecule has 0 saturated carbocycles. The van der Waals surface area contributed by atoms with Crippen LogP contribution in [0.1, 0.15) is 29.0 Å². The van der Waals surface area contributed by atoms with E-state index in [4.69, 9.17) is 28.9 Å². The van der Waals surface area contributed by atoms with Gasteiger partial charge in [0, 0.05) is 39.2 Å². The Balaban J connectivity index is 2.02. The van der Waals surface area contributed by atoms with Gasteiger partial charge in [0.2, 0.25) is 0 Å². The first-order valence-electron chi connectivity index (χ1n) is 9.67. The van der Waals surface area contributed by atoms with E-state index in [1.165, 1.54) is 6.07 Å². The summed E-state index contributed by atoms with van der Waals surface area (Å²) >= 11 is 12.3. The van der Waals surface area contributed by atoms with Gasteiger partial charge in [0.25, 0.3) is 0 Å². The molecule has 0 amide bonds. The number of aldehydes is 1. The summed E-state index contributed by atoms with van der Waals surface area (Å²) in [5, 5.41) is 11.3. The maximum absolute atomic E-state index is 13.2. The number of nitrogen functional groups attached to an aromatic ring is 1. The minimum absolute atomic E-state index is 0.0350. The van der Waals surface area contributed by atoms with Crippen LogP contribution in [0.3, 0.4) is 0 Å². The topological polar surface area (TPSA) is 80.4 Å². The number of carbonyl (C=O) groups excluding carboxylic acids is 2. The van der Waals surface area contributed by atoms with Crippen molar-refractivity contribution in [1.82, 2.24) is 0 Å². The van der Waals surface area contributed by atoms with E-state index in [-0.39, 0.29) is 23.5 Å². The van der Waals surface area contributed by atoms with Crippen LogP contribution in [0.15, 0.2) is 72.8 Å². The molecule has 0 saturated heterocycles. The van der Waals surface area contributed by atoms with E-state index in [9.17, 15) is 14.7 Å². The van der Waals surface area contributed by atoms with Crippen LogP contribution in [0.4, 0.5) is 5.69 Å². The van der Waals surface area contributed by atoms with Gasteiger partial charge in [-0.1, -0.05) is 65.7 Å². The molecule has 4 rings (SSSR count). The quantitative estimate of drug-likeness (QED) is 0.401. The minimum Gasteiger partial charge on any atom is -0.507 e. The molecule has 4 nitrogen and oxygen atoms in total. The first-order valence-corrected chi connectivity index (χ1v) is 10.4. The van der Waals surface area contributed by atoms with Gasteiger partial charge in [-0.05, 0) is 41.5 Å². The van der Waals surface area contributed by atoms with Gasteiger partial charge in [0.1, 0.15) is 12.0 Å². The summed E-state index contributed by atoms with van der Waals surface area (Å²) in [5.41, 5.74) is 7.31. The average Bonchev–Trinajstić information content (AvgIpc) is 2.74. The fraction of sp³-hybridized carbons (Fsp3) is 0.120. The number of nitrogens with two attached hydrogens (primary N) is 1. The summed E-state index contributed by atoms with van der Waals surface area (Å²) in [6.45, 7) is 0. The summed E-state index contributed by atoms with van der Waals surface area (Å²) in [4.78, 5) is 26.0. The second kappa shape index (κ2) is 8.22. The average molecular weight is 452 g/mol. The number of allylic oxidation sites excluding steroid dienone is 2. The van der Waals surface area contributed by atoms with Crippen molar-refractivity contribution in [2.24, 2.45) is 0 Å². The van der Waals surface area contributed by atoms with Gasteiger partial charge in [-0.2, -0.15) is 0 Å². The monoisotopic (exact) mass is 451 g/mol. The highest BCUT2D eigenvalue weighted by molar-refractivity contribution is 6.31.